The van der Waals surface area contributed by atoms with E-state index in [9.17, 15) is 9.18 Å². The van der Waals surface area contributed by atoms with E-state index in [1.165, 1.54) is 0 Å². The third-order valence-corrected chi connectivity index (χ3v) is 7.10. The van der Waals surface area contributed by atoms with Crippen LogP contribution >= 0.6 is 18.5 Å². The molecule has 0 radical (unpaired) electrons. The Morgan fingerprint density at radius 3 is 2.67 bits per heavy atom. The van der Waals surface area contributed by atoms with E-state index in [2.05, 4.69) is 45.3 Å². The van der Waals surface area contributed by atoms with Gasteiger partial charge in [0.1, 0.15) is 23.0 Å². The van der Waals surface area contributed by atoms with Crippen LogP contribution in [0.1, 0.15) is 54.1 Å². The number of nitrogens with zero attached hydrogens (tertiary/aromatic N) is 4. The van der Waals surface area contributed by atoms with E-state index < -0.39 is 5.15 Å². The lowest BCUT2D eigenvalue weighted by molar-refractivity contribution is 0.0917. The molecule has 0 saturated heterocycles. The number of hydrogen-bond acceptors (Lipinski definition) is 4. The number of carbonyl (C=O) groups excluding carboxylic acids is 1. The second kappa shape index (κ2) is 8.81. The molecule has 0 spiro atoms. The summed E-state index contributed by atoms with van der Waals surface area (Å²) >= 11 is 0. The minimum Gasteiger partial charge on any atom is -0.369 e. The molecule has 2 aromatic heterocycles. The number of imidazole rings is 1. The molecule has 0 bridgehead atoms. The van der Waals surface area contributed by atoms with E-state index in [0.717, 1.165) is 61.1 Å². The Morgan fingerprint density at radius 1 is 1.18 bits per heavy atom. The highest BCUT2D eigenvalue weighted by Crippen LogP contribution is 2.40. The summed E-state index contributed by atoms with van der Waals surface area (Å²) < 4.78 is 18.0. The van der Waals surface area contributed by atoms with Crippen molar-refractivity contribution < 1.29 is 9.18 Å². The highest BCUT2D eigenvalue weighted by Gasteiger charge is 2.29. The van der Waals surface area contributed by atoms with E-state index in [1.807, 2.05) is 35.9 Å². The average molecular weight is 486 g/mol. The van der Waals surface area contributed by atoms with Crippen LogP contribution in [0.3, 0.4) is 0 Å². The van der Waals surface area contributed by atoms with Gasteiger partial charge >= 0.3 is 0 Å². The van der Waals surface area contributed by atoms with Gasteiger partial charge in [-0.05, 0) is 44.2 Å². The molecule has 33 heavy (non-hydrogen) atoms. The smallest absolute Gasteiger partial charge is 0.270 e. The summed E-state index contributed by atoms with van der Waals surface area (Å²) in [6.45, 7) is 0. The van der Waals surface area contributed by atoms with Gasteiger partial charge in [-0.2, -0.15) is 5.10 Å². The van der Waals surface area contributed by atoms with Crippen LogP contribution in [-0.2, 0) is 18.6 Å². The topological polar surface area (TPSA) is 76.8 Å². The Bertz CT molecular complexity index is 1220. The number of fused-ring (bicyclic) bond motifs is 2. The molecule has 1 fully saturated rings. The highest BCUT2D eigenvalue weighted by molar-refractivity contribution is 7.38. The van der Waals surface area contributed by atoms with E-state index in [-0.39, 0.29) is 11.9 Å². The zero-order chi connectivity index (χ0) is 23.2. The van der Waals surface area contributed by atoms with Crippen LogP contribution in [0.5, 0.6) is 0 Å². The van der Waals surface area contributed by atoms with Crippen molar-refractivity contribution in [3.8, 4) is 0 Å². The van der Waals surface area contributed by atoms with Crippen molar-refractivity contribution in [2.75, 3.05) is 0 Å². The number of amides is 1. The summed E-state index contributed by atoms with van der Waals surface area (Å²) in [5, 5.41) is 10.5. The fourth-order valence-corrected chi connectivity index (χ4v) is 5.09. The SMILES string of the molecule is Cn1nc2ccccc2c1C(=O)NC1CCC(NC2=CCCc3nc(C(F)(P)P)cn32)CC1. The molecule has 1 aliphatic heterocycles. The Balaban J connectivity index is 1.20. The Hall–Kier alpha value is -2.30. The predicted octanol–water partition coefficient (Wildman–Crippen LogP) is 3.68. The third kappa shape index (κ3) is 4.56. The molecule has 7 nitrogen and oxygen atoms in total. The quantitative estimate of drug-likeness (QED) is 0.540. The standard InChI is InChI=1S/C23H29FN6OP2/c1-29-21(16-5-2-3-6-17(16)28-29)22(31)26-15-11-9-14(10-12-15)25-19-7-4-8-20-27-18(13-30(19)20)23(24,32)33/h2-3,5-7,13-15,25H,4,8-12,32-33H2,1H3,(H,26,31). The maximum Gasteiger partial charge on any atom is 0.270 e. The number of aromatic nitrogens is 4. The van der Waals surface area contributed by atoms with Gasteiger partial charge in [0.05, 0.1) is 5.52 Å². The van der Waals surface area contributed by atoms with E-state index in [1.54, 1.807) is 10.9 Å². The molecule has 1 aromatic carbocycles. The van der Waals surface area contributed by atoms with E-state index in [0.29, 0.717) is 17.4 Å². The van der Waals surface area contributed by atoms with Crippen LogP contribution in [0.4, 0.5) is 4.39 Å². The van der Waals surface area contributed by atoms with Crippen LogP contribution in [0.25, 0.3) is 16.7 Å². The van der Waals surface area contributed by atoms with Gasteiger partial charge in [-0.25, -0.2) is 9.37 Å². The molecule has 10 heteroatoms. The lowest BCUT2D eigenvalue weighted by Gasteiger charge is -2.32. The Labute approximate surface area is 197 Å². The first kappa shape index (κ1) is 22.5. The first-order valence-corrected chi connectivity index (χ1v) is 12.5. The second-order valence-corrected chi connectivity index (χ2v) is 11.3. The molecule has 2 unspecified atom stereocenters. The molecule has 174 valence electrons. The largest absolute Gasteiger partial charge is 0.369 e. The summed E-state index contributed by atoms with van der Waals surface area (Å²) in [5.41, 5.74) is 1.83. The monoisotopic (exact) mass is 486 g/mol. The third-order valence-electron chi connectivity index (χ3n) is 6.51. The number of alkyl halides is 1. The molecule has 2 N–H and O–H groups in total. The molecule has 1 saturated carbocycles. The predicted molar refractivity (Wildman–Crippen MR) is 134 cm³/mol. The molecule has 1 amide bonds. The van der Waals surface area contributed by atoms with Crippen molar-refractivity contribution in [1.82, 2.24) is 30.0 Å². The van der Waals surface area contributed by atoms with E-state index >= 15 is 0 Å². The molecule has 3 heterocycles. The maximum absolute atomic E-state index is 14.3. The minimum atomic E-state index is -1.62. The molecule has 2 aliphatic rings. The van der Waals surface area contributed by atoms with Crippen LogP contribution in [0.15, 0.2) is 36.5 Å². The van der Waals surface area contributed by atoms with Crippen molar-refractivity contribution in [2.45, 2.75) is 55.8 Å². The fraction of sp³-hybridized carbons (Fsp3) is 0.435. The molecular weight excluding hydrogens is 457 g/mol. The molecule has 1 aliphatic carbocycles. The number of halogens is 1. The van der Waals surface area contributed by atoms with Crippen molar-refractivity contribution in [1.29, 1.82) is 0 Å². The maximum atomic E-state index is 14.3. The van der Waals surface area contributed by atoms with Crippen molar-refractivity contribution in [2.24, 2.45) is 7.05 Å². The van der Waals surface area contributed by atoms with Crippen LogP contribution < -0.4 is 10.6 Å². The van der Waals surface area contributed by atoms with Crippen LogP contribution in [-0.4, -0.2) is 37.3 Å². The first-order chi connectivity index (χ1) is 15.8. The van der Waals surface area contributed by atoms with Gasteiger partial charge in [0.25, 0.3) is 5.91 Å². The highest BCUT2D eigenvalue weighted by atomic mass is 31.1. The van der Waals surface area contributed by atoms with Gasteiger partial charge in [0.15, 0.2) is 5.15 Å². The Morgan fingerprint density at radius 2 is 1.91 bits per heavy atom. The number of rotatable bonds is 5. The van der Waals surface area contributed by atoms with Crippen molar-refractivity contribution in [3.05, 3.63) is 53.8 Å². The van der Waals surface area contributed by atoms with Gasteiger partial charge in [-0.1, -0.05) is 36.7 Å². The van der Waals surface area contributed by atoms with Gasteiger partial charge in [0, 0.05) is 37.1 Å². The van der Waals surface area contributed by atoms with Gasteiger partial charge in [-0.15, -0.1) is 0 Å². The zero-order valence-corrected chi connectivity index (χ0v) is 20.9. The fourth-order valence-electron chi connectivity index (χ4n) is 4.81. The van der Waals surface area contributed by atoms with Crippen molar-refractivity contribution in [3.63, 3.8) is 0 Å². The lowest BCUT2D eigenvalue weighted by Crippen LogP contribution is -2.42. The lowest BCUT2D eigenvalue weighted by atomic mass is 9.91. The second-order valence-electron chi connectivity index (χ2n) is 8.96. The molecule has 2 atom stereocenters. The van der Waals surface area contributed by atoms with Crippen LogP contribution in [0, 0.1) is 0 Å². The number of nitrogens with one attached hydrogen (secondary N) is 2. The van der Waals surface area contributed by atoms with Crippen molar-refractivity contribution >= 4 is 41.1 Å². The molecular formula is C23H29FN6OP2. The number of aryl methyl sites for hydroxylation is 2. The van der Waals surface area contributed by atoms with Gasteiger partial charge < -0.3 is 10.6 Å². The zero-order valence-electron chi connectivity index (χ0n) is 18.6. The summed E-state index contributed by atoms with van der Waals surface area (Å²) in [6.07, 6.45) is 9.33. The minimum absolute atomic E-state index is 0.0715. The van der Waals surface area contributed by atoms with Gasteiger partial charge in [0.2, 0.25) is 0 Å². The summed E-state index contributed by atoms with van der Waals surface area (Å²) in [7, 11) is 6.18. The summed E-state index contributed by atoms with van der Waals surface area (Å²) in [5.74, 6) is 1.78. The van der Waals surface area contributed by atoms with Crippen LogP contribution in [0.2, 0.25) is 0 Å². The van der Waals surface area contributed by atoms with Gasteiger partial charge in [-0.3, -0.25) is 14.0 Å². The van der Waals surface area contributed by atoms with E-state index in [4.69, 9.17) is 0 Å². The number of carbonyl (C=O) groups is 1. The Kier molecular flexibility index (Phi) is 6.00. The summed E-state index contributed by atoms with van der Waals surface area (Å²) in [6, 6.07) is 8.16. The normalized spacial score (nSPS) is 20.9. The number of benzene rings is 1. The number of hydrogen-bond donors (Lipinski definition) is 2. The molecule has 5 rings (SSSR count). The molecule has 3 aromatic rings. The number of allylic oxidation sites excluding steroid dienone is 1. The average Bonchev–Trinajstić information content (AvgIpc) is 3.36. The first-order valence-electron chi connectivity index (χ1n) is 11.3. The summed E-state index contributed by atoms with van der Waals surface area (Å²) in [4.78, 5) is 17.5.